The Bertz CT molecular complexity index is 518. The van der Waals surface area contributed by atoms with Gasteiger partial charge in [-0.05, 0) is 44.8 Å². The van der Waals surface area contributed by atoms with Gasteiger partial charge in [-0.3, -0.25) is 4.79 Å². The number of carbonyl (C=O) groups is 1. The lowest BCUT2D eigenvalue weighted by Gasteiger charge is -2.38. The average molecular weight is 319 g/mol. The molecule has 23 heavy (non-hydrogen) atoms. The second kappa shape index (κ2) is 7.23. The monoisotopic (exact) mass is 319 g/mol. The topological polar surface area (TPSA) is 79.4 Å². The maximum atomic E-state index is 12.7. The van der Waals surface area contributed by atoms with Crippen LogP contribution in [-0.4, -0.2) is 60.8 Å². The van der Waals surface area contributed by atoms with Gasteiger partial charge in [0, 0.05) is 38.6 Å². The largest absolute Gasteiger partial charge is 0.368 e. The highest BCUT2D eigenvalue weighted by molar-refractivity contribution is 5.85. The Morgan fingerprint density at radius 2 is 2.13 bits per heavy atom. The molecule has 3 rings (SSSR count). The highest BCUT2D eigenvalue weighted by Gasteiger charge is 2.40. The Morgan fingerprint density at radius 1 is 1.39 bits per heavy atom. The minimum atomic E-state index is -0.684. The van der Waals surface area contributed by atoms with Crippen molar-refractivity contribution in [2.45, 2.75) is 37.3 Å². The Labute approximate surface area is 136 Å². The molecule has 2 aliphatic rings. The van der Waals surface area contributed by atoms with Gasteiger partial charge < -0.3 is 20.3 Å². The summed E-state index contributed by atoms with van der Waals surface area (Å²) in [5, 5.41) is 6.47. The normalized spacial score (nSPS) is 24.2. The molecule has 2 saturated heterocycles. The van der Waals surface area contributed by atoms with Gasteiger partial charge in [0.1, 0.15) is 5.60 Å². The van der Waals surface area contributed by atoms with Crippen molar-refractivity contribution in [1.29, 1.82) is 0 Å². The summed E-state index contributed by atoms with van der Waals surface area (Å²) in [4.78, 5) is 23.5. The van der Waals surface area contributed by atoms with Crippen LogP contribution < -0.4 is 15.5 Å². The third-order valence-electron chi connectivity index (χ3n) is 4.81. The summed E-state index contributed by atoms with van der Waals surface area (Å²) in [6.07, 6.45) is 6.93. The lowest BCUT2D eigenvalue weighted by molar-refractivity contribution is -0.147. The van der Waals surface area contributed by atoms with E-state index in [4.69, 9.17) is 4.74 Å². The number of hydrogen-bond acceptors (Lipinski definition) is 6. The van der Waals surface area contributed by atoms with Crippen LogP contribution in [0.25, 0.3) is 0 Å². The molecule has 1 amide bonds. The smallest absolute Gasteiger partial charge is 0.252 e. The number of anilines is 1. The number of amides is 1. The van der Waals surface area contributed by atoms with Gasteiger partial charge in [0.05, 0.1) is 0 Å². The zero-order valence-electron chi connectivity index (χ0n) is 13.6. The number of nitrogens with one attached hydrogen (secondary N) is 2. The van der Waals surface area contributed by atoms with Gasteiger partial charge in [-0.25, -0.2) is 9.97 Å². The van der Waals surface area contributed by atoms with Crippen LogP contribution >= 0.6 is 0 Å². The molecule has 3 heterocycles. The molecule has 0 spiro atoms. The molecule has 2 N–H and O–H groups in total. The Kier molecular flexibility index (Phi) is 5.07. The van der Waals surface area contributed by atoms with E-state index in [1.807, 2.05) is 6.07 Å². The number of hydrogen-bond donors (Lipinski definition) is 2. The molecule has 7 heteroatoms. The second-order valence-corrected chi connectivity index (χ2v) is 6.26. The maximum absolute atomic E-state index is 12.7. The van der Waals surface area contributed by atoms with Crippen molar-refractivity contribution in [3.8, 4) is 0 Å². The van der Waals surface area contributed by atoms with E-state index < -0.39 is 5.60 Å². The van der Waals surface area contributed by atoms with Gasteiger partial charge in [-0.1, -0.05) is 0 Å². The number of methoxy groups -OCH3 is 1. The van der Waals surface area contributed by atoms with Gasteiger partial charge >= 0.3 is 0 Å². The fraction of sp³-hybridized carbons (Fsp3) is 0.688. The van der Waals surface area contributed by atoms with E-state index in [1.54, 1.807) is 19.5 Å². The molecule has 0 aromatic carbocycles. The van der Waals surface area contributed by atoms with Crippen LogP contribution in [0.3, 0.4) is 0 Å². The molecule has 1 aromatic rings. The van der Waals surface area contributed by atoms with Crippen molar-refractivity contribution in [3.05, 3.63) is 18.5 Å². The van der Waals surface area contributed by atoms with E-state index >= 15 is 0 Å². The summed E-state index contributed by atoms with van der Waals surface area (Å²) in [6.45, 7) is 3.30. The SMILES string of the molecule is COC1(C(=O)NC2CCCN(c3ncccn3)C2)CCNCC1. The van der Waals surface area contributed by atoms with E-state index in [0.29, 0.717) is 12.8 Å². The number of piperidine rings is 2. The van der Waals surface area contributed by atoms with Crippen molar-refractivity contribution in [3.63, 3.8) is 0 Å². The van der Waals surface area contributed by atoms with Crippen LogP contribution in [0.1, 0.15) is 25.7 Å². The highest BCUT2D eigenvalue weighted by Crippen LogP contribution is 2.24. The standard InChI is InChI=1S/C16H25N5O2/c1-23-16(5-9-17-10-6-16)14(22)20-13-4-2-11-21(12-13)15-18-7-3-8-19-15/h3,7-8,13,17H,2,4-6,9-12H2,1H3,(H,20,22). The van der Waals surface area contributed by atoms with Crippen molar-refractivity contribution in [2.75, 3.05) is 38.2 Å². The zero-order valence-corrected chi connectivity index (χ0v) is 13.6. The molecular formula is C16H25N5O2. The Balaban J connectivity index is 1.62. The zero-order chi connectivity index (χ0) is 16.1. The van der Waals surface area contributed by atoms with E-state index in [0.717, 1.165) is 45.0 Å². The van der Waals surface area contributed by atoms with E-state index in [1.165, 1.54) is 0 Å². The third kappa shape index (κ3) is 3.61. The molecular weight excluding hydrogens is 294 g/mol. The summed E-state index contributed by atoms with van der Waals surface area (Å²) in [6, 6.07) is 1.92. The first kappa shape index (κ1) is 16.1. The molecule has 7 nitrogen and oxygen atoms in total. The van der Waals surface area contributed by atoms with Gasteiger partial charge in [-0.15, -0.1) is 0 Å². The molecule has 1 unspecified atom stereocenters. The molecule has 2 aliphatic heterocycles. The summed E-state index contributed by atoms with van der Waals surface area (Å²) >= 11 is 0. The van der Waals surface area contributed by atoms with Gasteiger partial charge in [-0.2, -0.15) is 0 Å². The summed E-state index contributed by atoms with van der Waals surface area (Å²) in [5.74, 6) is 0.747. The molecule has 1 atom stereocenters. The van der Waals surface area contributed by atoms with E-state index in [9.17, 15) is 4.79 Å². The molecule has 0 aliphatic carbocycles. The lowest BCUT2D eigenvalue weighted by atomic mass is 9.90. The van der Waals surface area contributed by atoms with Crippen LogP contribution in [-0.2, 0) is 9.53 Å². The van der Waals surface area contributed by atoms with Crippen molar-refractivity contribution < 1.29 is 9.53 Å². The number of rotatable bonds is 4. The average Bonchev–Trinajstić information content (AvgIpc) is 2.63. The Hall–Kier alpha value is -1.73. The molecule has 0 radical (unpaired) electrons. The second-order valence-electron chi connectivity index (χ2n) is 6.26. The number of carbonyl (C=O) groups excluding carboxylic acids is 1. The van der Waals surface area contributed by atoms with Crippen LogP contribution in [0.15, 0.2) is 18.5 Å². The minimum absolute atomic E-state index is 0.0160. The van der Waals surface area contributed by atoms with Crippen molar-refractivity contribution >= 4 is 11.9 Å². The minimum Gasteiger partial charge on any atom is -0.368 e. The van der Waals surface area contributed by atoms with E-state index in [-0.39, 0.29) is 11.9 Å². The van der Waals surface area contributed by atoms with Crippen LogP contribution in [0.2, 0.25) is 0 Å². The quantitative estimate of drug-likeness (QED) is 0.833. The number of ether oxygens (including phenoxy) is 1. The van der Waals surface area contributed by atoms with E-state index in [2.05, 4.69) is 25.5 Å². The third-order valence-corrected chi connectivity index (χ3v) is 4.81. The number of aromatic nitrogens is 2. The van der Waals surface area contributed by atoms with Crippen LogP contribution in [0, 0.1) is 0 Å². The van der Waals surface area contributed by atoms with Crippen LogP contribution in [0.5, 0.6) is 0 Å². The molecule has 0 bridgehead atoms. The van der Waals surface area contributed by atoms with Crippen molar-refractivity contribution in [2.24, 2.45) is 0 Å². The molecule has 2 fully saturated rings. The number of nitrogens with zero attached hydrogens (tertiary/aromatic N) is 3. The lowest BCUT2D eigenvalue weighted by Crippen LogP contribution is -2.58. The summed E-state index contributed by atoms with van der Waals surface area (Å²) < 4.78 is 5.60. The van der Waals surface area contributed by atoms with Gasteiger partial charge in [0.25, 0.3) is 5.91 Å². The molecule has 126 valence electrons. The van der Waals surface area contributed by atoms with Gasteiger partial charge in [0.15, 0.2) is 0 Å². The van der Waals surface area contributed by atoms with Crippen molar-refractivity contribution in [1.82, 2.24) is 20.6 Å². The predicted octanol–water partition coefficient (Wildman–Crippen LogP) is 0.330. The summed E-state index contributed by atoms with van der Waals surface area (Å²) in [5.41, 5.74) is -0.684. The first-order valence-electron chi connectivity index (χ1n) is 8.32. The maximum Gasteiger partial charge on any atom is 0.252 e. The highest BCUT2D eigenvalue weighted by atomic mass is 16.5. The molecule has 0 saturated carbocycles. The molecule has 1 aromatic heterocycles. The van der Waals surface area contributed by atoms with Gasteiger partial charge in [0.2, 0.25) is 5.95 Å². The Morgan fingerprint density at radius 3 is 2.83 bits per heavy atom. The first-order valence-corrected chi connectivity index (χ1v) is 8.32. The predicted molar refractivity (Wildman–Crippen MR) is 87.3 cm³/mol. The van der Waals surface area contributed by atoms with Crippen LogP contribution in [0.4, 0.5) is 5.95 Å². The summed E-state index contributed by atoms with van der Waals surface area (Å²) in [7, 11) is 1.63. The fourth-order valence-electron chi connectivity index (χ4n) is 3.40. The fourth-order valence-corrected chi connectivity index (χ4v) is 3.40. The first-order chi connectivity index (χ1) is 11.2.